The highest BCUT2D eigenvalue weighted by Crippen LogP contribution is 2.28. The first-order chi connectivity index (χ1) is 9.54. The van der Waals surface area contributed by atoms with Crippen LogP contribution in [0.1, 0.15) is 5.56 Å². The van der Waals surface area contributed by atoms with E-state index < -0.39 is 10.0 Å². The number of nitrogens with one attached hydrogen (secondary N) is 1. The molecule has 2 aromatic rings. The highest BCUT2D eigenvalue weighted by Gasteiger charge is 2.19. The van der Waals surface area contributed by atoms with Crippen molar-refractivity contribution in [1.29, 1.82) is 0 Å². The zero-order valence-corrected chi connectivity index (χ0v) is 11.8. The SMILES string of the molecule is O=S(=O)(Nc1cnc(Cl)cn1)c1ccc2c(c1)OCC2. The topological polar surface area (TPSA) is 81.2 Å². The van der Waals surface area contributed by atoms with Crippen LogP contribution < -0.4 is 9.46 Å². The van der Waals surface area contributed by atoms with Gasteiger partial charge in [0.05, 0.1) is 23.9 Å². The van der Waals surface area contributed by atoms with Gasteiger partial charge < -0.3 is 4.74 Å². The van der Waals surface area contributed by atoms with Gasteiger partial charge in [0.25, 0.3) is 10.0 Å². The maximum absolute atomic E-state index is 12.2. The molecule has 20 heavy (non-hydrogen) atoms. The van der Waals surface area contributed by atoms with E-state index in [1.54, 1.807) is 12.1 Å². The number of ether oxygens (including phenoxy) is 1. The zero-order chi connectivity index (χ0) is 14.2. The molecule has 1 aliphatic heterocycles. The lowest BCUT2D eigenvalue weighted by Gasteiger charge is -2.08. The van der Waals surface area contributed by atoms with Gasteiger partial charge in [-0.15, -0.1) is 0 Å². The Labute approximate surface area is 120 Å². The van der Waals surface area contributed by atoms with Gasteiger partial charge in [0.15, 0.2) is 5.82 Å². The lowest BCUT2D eigenvalue weighted by Crippen LogP contribution is -2.14. The molecule has 0 saturated carbocycles. The van der Waals surface area contributed by atoms with Crippen molar-refractivity contribution in [2.24, 2.45) is 0 Å². The molecule has 3 rings (SSSR count). The van der Waals surface area contributed by atoms with E-state index in [0.29, 0.717) is 12.4 Å². The number of anilines is 1. The molecule has 2 heterocycles. The number of benzene rings is 1. The summed E-state index contributed by atoms with van der Waals surface area (Å²) in [6.07, 6.45) is 3.32. The van der Waals surface area contributed by atoms with E-state index in [0.717, 1.165) is 12.0 Å². The van der Waals surface area contributed by atoms with Crippen molar-refractivity contribution < 1.29 is 13.2 Å². The number of nitrogens with zero attached hydrogens (tertiary/aromatic N) is 2. The molecule has 1 aromatic carbocycles. The summed E-state index contributed by atoms with van der Waals surface area (Å²) in [6.45, 7) is 0.578. The van der Waals surface area contributed by atoms with Crippen LogP contribution in [0, 0.1) is 0 Å². The Hall–Kier alpha value is -1.86. The summed E-state index contributed by atoms with van der Waals surface area (Å²) in [7, 11) is -3.72. The number of hydrogen-bond acceptors (Lipinski definition) is 5. The number of halogens is 1. The van der Waals surface area contributed by atoms with E-state index >= 15 is 0 Å². The van der Waals surface area contributed by atoms with E-state index in [4.69, 9.17) is 16.3 Å². The Balaban J connectivity index is 1.90. The van der Waals surface area contributed by atoms with Crippen LogP contribution in [0.15, 0.2) is 35.5 Å². The number of aromatic nitrogens is 2. The third kappa shape index (κ3) is 2.54. The fourth-order valence-corrected chi connectivity index (χ4v) is 2.98. The summed E-state index contributed by atoms with van der Waals surface area (Å²) < 4.78 is 32.1. The summed E-state index contributed by atoms with van der Waals surface area (Å²) in [5.41, 5.74) is 1.01. The van der Waals surface area contributed by atoms with Gasteiger partial charge in [-0.2, -0.15) is 0 Å². The van der Waals surface area contributed by atoms with Crippen LogP contribution in [-0.4, -0.2) is 25.0 Å². The minimum absolute atomic E-state index is 0.107. The molecule has 1 aromatic heterocycles. The first-order valence-corrected chi connectivity index (χ1v) is 7.67. The summed E-state index contributed by atoms with van der Waals surface area (Å²) in [4.78, 5) is 7.73. The monoisotopic (exact) mass is 311 g/mol. The molecule has 0 bridgehead atoms. The van der Waals surface area contributed by atoms with Gasteiger partial charge in [0, 0.05) is 12.5 Å². The third-order valence-corrected chi connectivity index (χ3v) is 4.38. The quantitative estimate of drug-likeness (QED) is 0.935. The largest absolute Gasteiger partial charge is 0.493 e. The average molecular weight is 312 g/mol. The van der Waals surface area contributed by atoms with Crippen molar-refractivity contribution in [1.82, 2.24) is 9.97 Å². The average Bonchev–Trinajstić information content (AvgIpc) is 2.88. The first-order valence-electron chi connectivity index (χ1n) is 5.81. The van der Waals surface area contributed by atoms with Crippen molar-refractivity contribution in [2.45, 2.75) is 11.3 Å². The number of hydrogen-bond donors (Lipinski definition) is 1. The highest BCUT2D eigenvalue weighted by atomic mass is 35.5. The van der Waals surface area contributed by atoms with Crippen LogP contribution >= 0.6 is 11.6 Å². The Kier molecular flexibility index (Phi) is 3.23. The van der Waals surface area contributed by atoms with Gasteiger partial charge in [-0.1, -0.05) is 17.7 Å². The smallest absolute Gasteiger partial charge is 0.263 e. The molecule has 0 radical (unpaired) electrons. The van der Waals surface area contributed by atoms with Crippen molar-refractivity contribution in [3.63, 3.8) is 0 Å². The van der Waals surface area contributed by atoms with Gasteiger partial charge >= 0.3 is 0 Å². The predicted molar refractivity (Wildman–Crippen MR) is 73.5 cm³/mol. The van der Waals surface area contributed by atoms with Gasteiger partial charge in [-0.05, 0) is 11.6 Å². The number of fused-ring (bicyclic) bond motifs is 1. The Morgan fingerprint density at radius 3 is 2.85 bits per heavy atom. The Morgan fingerprint density at radius 1 is 1.25 bits per heavy atom. The van der Waals surface area contributed by atoms with Crippen LogP contribution in [0.4, 0.5) is 5.82 Å². The summed E-state index contributed by atoms with van der Waals surface area (Å²) in [5, 5.41) is 0.193. The van der Waals surface area contributed by atoms with Crippen molar-refractivity contribution >= 4 is 27.4 Å². The van der Waals surface area contributed by atoms with Gasteiger partial charge in [0.1, 0.15) is 10.9 Å². The highest BCUT2D eigenvalue weighted by molar-refractivity contribution is 7.92. The molecule has 8 heteroatoms. The minimum Gasteiger partial charge on any atom is -0.493 e. The molecule has 1 N–H and O–H groups in total. The van der Waals surface area contributed by atoms with Crippen LogP contribution in [0.25, 0.3) is 0 Å². The molecule has 104 valence electrons. The standard InChI is InChI=1S/C12H10ClN3O3S/c13-11-6-15-12(7-14-11)16-20(17,18)9-2-1-8-3-4-19-10(8)5-9/h1-2,5-7H,3-4H2,(H,15,16). The Bertz CT molecular complexity index is 747. The van der Waals surface area contributed by atoms with Crippen LogP contribution in [0.5, 0.6) is 5.75 Å². The normalized spacial score (nSPS) is 13.7. The van der Waals surface area contributed by atoms with Crippen molar-refractivity contribution in [3.8, 4) is 5.75 Å². The fraction of sp³-hybridized carbons (Fsp3) is 0.167. The molecule has 0 amide bonds. The second kappa shape index (κ2) is 4.92. The molecule has 1 aliphatic rings. The molecular formula is C12H10ClN3O3S. The summed E-state index contributed by atoms with van der Waals surface area (Å²) >= 11 is 5.60. The molecule has 0 unspecified atom stereocenters. The van der Waals surface area contributed by atoms with E-state index in [2.05, 4.69) is 14.7 Å². The van der Waals surface area contributed by atoms with Crippen LogP contribution in [0.3, 0.4) is 0 Å². The van der Waals surface area contributed by atoms with E-state index in [1.165, 1.54) is 18.5 Å². The van der Waals surface area contributed by atoms with E-state index in [9.17, 15) is 8.42 Å². The van der Waals surface area contributed by atoms with Gasteiger partial charge in [-0.25, -0.2) is 18.4 Å². The molecule has 0 saturated heterocycles. The second-order valence-corrected chi connectivity index (χ2v) is 6.27. The lowest BCUT2D eigenvalue weighted by atomic mass is 10.2. The lowest BCUT2D eigenvalue weighted by molar-refractivity contribution is 0.356. The summed E-state index contributed by atoms with van der Waals surface area (Å²) in [6, 6.07) is 4.80. The maximum atomic E-state index is 12.2. The third-order valence-electron chi connectivity index (χ3n) is 2.84. The summed E-state index contributed by atoms with van der Waals surface area (Å²) in [5.74, 6) is 0.714. The molecule has 0 spiro atoms. The molecular weight excluding hydrogens is 302 g/mol. The molecule has 0 fully saturated rings. The Morgan fingerprint density at radius 2 is 2.10 bits per heavy atom. The van der Waals surface area contributed by atoms with Gasteiger partial charge in [-0.3, -0.25) is 4.72 Å². The molecule has 0 atom stereocenters. The maximum Gasteiger partial charge on any atom is 0.263 e. The number of rotatable bonds is 3. The van der Waals surface area contributed by atoms with Crippen LogP contribution in [0.2, 0.25) is 5.15 Å². The predicted octanol–water partition coefficient (Wildman–Crippen LogP) is 1.87. The minimum atomic E-state index is -3.72. The fourth-order valence-electron chi connectivity index (χ4n) is 1.88. The first kappa shape index (κ1) is 13.1. The van der Waals surface area contributed by atoms with Gasteiger partial charge in [0.2, 0.25) is 0 Å². The zero-order valence-electron chi connectivity index (χ0n) is 10.2. The van der Waals surface area contributed by atoms with Crippen molar-refractivity contribution in [3.05, 3.63) is 41.3 Å². The molecule has 0 aliphatic carbocycles. The van der Waals surface area contributed by atoms with E-state index in [-0.39, 0.29) is 15.9 Å². The molecule has 6 nitrogen and oxygen atoms in total. The number of sulfonamides is 1. The van der Waals surface area contributed by atoms with Crippen molar-refractivity contribution in [2.75, 3.05) is 11.3 Å². The second-order valence-electron chi connectivity index (χ2n) is 4.20. The van der Waals surface area contributed by atoms with E-state index in [1.807, 2.05) is 0 Å². The van der Waals surface area contributed by atoms with Crippen LogP contribution in [-0.2, 0) is 16.4 Å².